The molecular formula is C12H24N2O4. The van der Waals surface area contributed by atoms with Gasteiger partial charge in [0.2, 0.25) is 0 Å². The molecule has 6 heteroatoms. The van der Waals surface area contributed by atoms with E-state index in [1.807, 2.05) is 0 Å². The molecule has 0 aliphatic carbocycles. The highest BCUT2D eigenvalue weighted by atomic mass is 16.5. The molecular weight excluding hydrogens is 236 g/mol. The average molecular weight is 260 g/mol. The van der Waals surface area contributed by atoms with Crippen molar-refractivity contribution in [3.8, 4) is 0 Å². The zero-order valence-corrected chi connectivity index (χ0v) is 11.4. The standard InChI is InChI=1S/C12H24N2O4/c1-4-10(11(15)16)14-12(17)13-6-5-7-18-8-9(2)3/h9-10H,4-8H2,1-3H3,(H,15,16)(H2,13,14,17). The Kier molecular flexibility index (Phi) is 9.00. The molecule has 0 aliphatic heterocycles. The van der Waals surface area contributed by atoms with Gasteiger partial charge in [-0.3, -0.25) is 0 Å². The van der Waals surface area contributed by atoms with Crippen molar-refractivity contribution in [3.63, 3.8) is 0 Å². The van der Waals surface area contributed by atoms with Gasteiger partial charge in [0.05, 0.1) is 0 Å². The van der Waals surface area contributed by atoms with E-state index in [4.69, 9.17) is 9.84 Å². The van der Waals surface area contributed by atoms with Gasteiger partial charge in [-0.05, 0) is 18.8 Å². The van der Waals surface area contributed by atoms with Gasteiger partial charge in [0.25, 0.3) is 0 Å². The second-order valence-corrected chi connectivity index (χ2v) is 4.52. The molecule has 0 saturated heterocycles. The number of amides is 2. The summed E-state index contributed by atoms with van der Waals surface area (Å²) in [6, 6.07) is -1.28. The van der Waals surface area contributed by atoms with Crippen molar-refractivity contribution in [1.29, 1.82) is 0 Å². The second kappa shape index (κ2) is 9.70. The summed E-state index contributed by atoms with van der Waals surface area (Å²) in [5, 5.41) is 13.7. The predicted octanol–water partition coefficient (Wildman–Crippen LogP) is 1.21. The van der Waals surface area contributed by atoms with Gasteiger partial charge in [0.15, 0.2) is 0 Å². The van der Waals surface area contributed by atoms with Crippen molar-refractivity contribution in [2.75, 3.05) is 19.8 Å². The first-order valence-corrected chi connectivity index (χ1v) is 6.32. The van der Waals surface area contributed by atoms with Crippen LogP contribution in [0.3, 0.4) is 0 Å². The van der Waals surface area contributed by atoms with Crippen LogP contribution >= 0.6 is 0 Å². The van der Waals surface area contributed by atoms with Gasteiger partial charge in [-0.15, -0.1) is 0 Å². The van der Waals surface area contributed by atoms with Crippen LogP contribution in [0.25, 0.3) is 0 Å². The average Bonchev–Trinajstić information content (AvgIpc) is 2.29. The van der Waals surface area contributed by atoms with Crippen LogP contribution in [0, 0.1) is 5.92 Å². The number of hydrogen-bond acceptors (Lipinski definition) is 3. The minimum Gasteiger partial charge on any atom is -0.480 e. The highest BCUT2D eigenvalue weighted by molar-refractivity contribution is 5.82. The Labute approximate surface area is 108 Å². The Morgan fingerprint density at radius 3 is 2.50 bits per heavy atom. The Hall–Kier alpha value is -1.30. The van der Waals surface area contributed by atoms with Gasteiger partial charge >= 0.3 is 12.0 Å². The van der Waals surface area contributed by atoms with Gasteiger partial charge in [0.1, 0.15) is 6.04 Å². The molecule has 0 bridgehead atoms. The fraction of sp³-hybridized carbons (Fsp3) is 0.833. The third-order valence-electron chi connectivity index (χ3n) is 2.21. The molecule has 3 N–H and O–H groups in total. The van der Waals surface area contributed by atoms with E-state index in [2.05, 4.69) is 24.5 Å². The largest absolute Gasteiger partial charge is 0.480 e. The fourth-order valence-electron chi connectivity index (χ4n) is 1.24. The number of carboxylic acid groups (broad SMARTS) is 1. The molecule has 18 heavy (non-hydrogen) atoms. The maximum Gasteiger partial charge on any atom is 0.326 e. The lowest BCUT2D eigenvalue weighted by Gasteiger charge is -2.13. The van der Waals surface area contributed by atoms with E-state index in [0.29, 0.717) is 38.5 Å². The van der Waals surface area contributed by atoms with E-state index in [-0.39, 0.29) is 0 Å². The van der Waals surface area contributed by atoms with E-state index in [1.165, 1.54) is 0 Å². The number of ether oxygens (including phenoxy) is 1. The van der Waals surface area contributed by atoms with Crippen LogP contribution in [0.5, 0.6) is 0 Å². The first-order valence-electron chi connectivity index (χ1n) is 6.32. The highest BCUT2D eigenvalue weighted by Gasteiger charge is 2.16. The number of aliphatic carboxylic acids is 1. The molecule has 1 unspecified atom stereocenters. The summed E-state index contributed by atoms with van der Waals surface area (Å²) in [6.07, 6.45) is 1.07. The summed E-state index contributed by atoms with van der Waals surface area (Å²) in [7, 11) is 0. The van der Waals surface area contributed by atoms with Crippen molar-refractivity contribution in [2.45, 2.75) is 39.7 Å². The van der Waals surface area contributed by atoms with Gasteiger partial charge in [0, 0.05) is 19.8 Å². The molecule has 106 valence electrons. The third kappa shape index (κ3) is 8.81. The highest BCUT2D eigenvalue weighted by Crippen LogP contribution is 1.93. The molecule has 1 atom stereocenters. The molecule has 0 aromatic heterocycles. The molecule has 0 aliphatic rings. The summed E-state index contributed by atoms with van der Waals surface area (Å²) >= 11 is 0. The smallest absolute Gasteiger partial charge is 0.326 e. The molecule has 0 aromatic rings. The molecule has 0 rings (SSSR count). The fourth-order valence-corrected chi connectivity index (χ4v) is 1.24. The summed E-state index contributed by atoms with van der Waals surface area (Å²) in [5.74, 6) is -0.518. The van der Waals surface area contributed by atoms with Crippen molar-refractivity contribution in [1.82, 2.24) is 10.6 Å². The molecule has 6 nitrogen and oxygen atoms in total. The van der Waals surface area contributed by atoms with Crippen molar-refractivity contribution in [2.24, 2.45) is 5.92 Å². The molecule has 0 spiro atoms. The van der Waals surface area contributed by atoms with E-state index in [1.54, 1.807) is 6.92 Å². The molecule has 0 heterocycles. The van der Waals surface area contributed by atoms with Crippen LogP contribution in [0.2, 0.25) is 0 Å². The second-order valence-electron chi connectivity index (χ2n) is 4.52. The number of nitrogens with one attached hydrogen (secondary N) is 2. The van der Waals surface area contributed by atoms with Crippen molar-refractivity contribution in [3.05, 3.63) is 0 Å². The van der Waals surface area contributed by atoms with Crippen LogP contribution < -0.4 is 10.6 Å². The quantitative estimate of drug-likeness (QED) is 0.544. The Bertz CT molecular complexity index is 256. The van der Waals surface area contributed by atoms with Crippen molar-refractivity contribution < 1.29 is 19.4 Å². The molecule has 0 radical (unpaired) electrons. The first kappa shape index (κ1) is 16.7. The van der Waals surface area contributed by atoms with E-state index < -0.39 is 18.0 Å². The third-order valence-corrected chi connectivity index (χ3v) is 2.21. The van der Waals surface area contributed by atoms with E-state index >= 15 is 0 Å². The number of urea groups is 1. The van der Waals surface area contributed by atoms with Crippen molar-refractivity contribution >= 4 is 12.0 Å². The number of carbonyl (C=O) groups excluding carboxylic acids is 1. The summed E-state index contributed by atoms with van der Waals surface area (Å²) < 4.78 is 5.35. The topological polar surface area (TPSA) is 87.7 Å². The van der Waals surface area contributed by atoms with E-state index in [0.717, 1.165) is 0 Å². The van der Waals surface area contributed by atoms with Gasteiger partial charge < -0.3 is 20.5 Å². The summed E-state index contributed by atoms with van der Waals surface area (Å²) in [4.78, 5) is 22.0. The lowest BCUT2D eigenvalue weighted by molar-refractivity contribution is -0.139. The van der Waals surface area contributed by atoms with Crippen LogP contribution in [-0.4, -0.2) is 42.9 Å². The Balaban J connectivity index is 3.56. The molecule has 0 aromatic carbocycles. The minimum absolute atomic E-state index is 0.361. The zero-order valence-electron chi connectivity index (χ0n) is 11.4. The number of carboxylic acids is 1. The van der Waals surface area contributed by atoms with Gasteiger partial charge in [-0.1, -0.05) is 20.8 Å². The SMILES string of the molecule is CCC(NC(=O)NCCCOCC(C)C)C(=O)O. The molecule has 0 saturated carbocycles. The number of rotatable bonds is 9. The lowest BCUT2D eigenvalue weighted by atomic mass is 10.2. The first-order chi connectivity index (χ1) is 8.47. The zero-order chi connectivity index (χ0) is 14.0. The minimum atomic E-state index is -1.02. The van der Waals surface area contributed by atoms with Crippen LogP contribution in [0.4, 0.5) is 4.79 Å². The lowest BCUT2D eigenvalue weighted by Crippen LogP contribution is -2.45. The van der Waals surface area contributed by atoms with E-state index in [9.17, 15) is 9.59 Å². The normalized spacial score (nSPS) is 12.2. The van der Waals surface area contributed by atoms with Gasteiger partial charge in [-0.2, -0.15) is 0 Å². The monoisotopic (exact) mass is 260 g/mol. The maximum absolute atomic E-state index is 11.3. The number of carbonyl (C=O) groups is 2. The van der Waals surface area contributed by atoms with Crippen LogP contribution in [0.15, 0.2) is 0 Å². The Morgan fingerprint density at radius 1 is 1.33 bits per heavy atom. The van der Waals surface area contributed by atoms with Crippen LogP contribution in [-0.2, 0) is 9.53 Å². The Morgan fingerprint density at radius 2 is 2.00 bits per heavy atom. The number of hydrogen-bond donors (Lipinski definition) is 3. The van der Waals surface area contributed by atoms with Gasteiger partial charge in [-0.25, -0.2) is 9.59 Å². The maximum atomic E-state index is 11.3. The van der Waals surface area contributed by atoms with Crippen LogP contribution in [0.1, 0.15) is 33.6 Å². The summed E-state index contributed by atoms with van der Waals surface area (Å²) in [6.45, 7) is 7.63. The molecule has 0 fully saturated rings. The predicted molar refractivity (Wildman–Crippen MR) is 68.5 cm³/mol. The molecule has 2 amide bonds. The summed E-state index contributed by atoms with van der Waals surface area (Å²) in [5.41, 5.74) is 0.